The highest BCUT2D eigenvalue weighted by atomic mass is 16.7. The number of nitro groups is 2. The number of nitro benzene ring substituents is 2. The Hall–Kier alpha value is -5.80. The van der Waals surface area contributed by atoms with Gasteiger partial charge < -0.3 is 14.7 Å². The summed E-state index contributed by atoms with van der Waals surface area (Å²) in [5.74, 6) is -0.329. The number of hydrogen-bond acceptors (Lipinski definition) is 11. The Morgan fingerprint density at radius 3 is 2.24 bits per heavy atom. The Balaban J connectivity index is 1.43. The number of rotatable bonds is 10. The largest absolute Gasteiger partial charge is 0.569 e. The second-order valence-electron chi connectivity index (χ2n) is 10.3. The Morgan fingerprint density at radius 1 is 0.911 bits per heavy atom. The lowest BCUT2D eigenvalue weighted by Gasteiger charge is -2.21. The van der Waals surface area contributed by atoms with Gasteiger partial charge in [-0.3, -0.25) is 29.9 Å². The van der Waals surface area contributed by atoms with Crippen LogP contribution in [0.2, 0.25) is 0 Å². The van der Waals surface area contributed by atoms with Crippen LogP contribution in [-0.2, 0) is 4.79 Å². The molecule has 0 aromatic heterocycles. The molecule has 0 N–H and O–H groups in total. The summed E-state index contributed by atoms with van der Waals surface area (Å²) >= 11 is 0. The van der Waals surface area contributed by atoms with Crippen molar-refractivity contribution in [2.24, 2.45) is 10.4 Å². The highest BCUT2D eigenvalue weighted by molar-refractivity contribution is 6.03. The topological polar surface area (TPSA) is 188 Å². The molecule has 0 radical (unpaired) electrons. The smallest absolute Gasteiger partial charge is 0.321 e. The highest BCUT2D eigenvalue weighted by Crippen LogP contribution is 2.42. The number of benzene rings is 3. The molecule has 2 aliphatic heterocycles. The predicted octanol–water partition coefficient (Wildman–Crippen LogP) is 5.66. The van der Waals surface area contributed by atoms with E-state index in [1.165, 1.54) is 23.0 Å². The van der Waals surface area contributed by atoms with Crippen LogP contribution in [-0.4, -0.2) is 56.7 Å². The molecule has 3 aromatic carbocycles. The average molecular weight is 620 g/mol. The first-order chi connectivity index (χ1) is 21.6. The van der Waals surface area contributed by atoms with Gasteiger partial charge in [0.25, 0.3) is 0 Å². The van der Waals surface area contributed by atoms with E-state index in [2.05, 4.69) is 10.4 Å². The second-order valence-corrected chi connectivity index (χ2v) is 10.3. The molecule has 2 heterocycles. The predicted molar refractivity (Wildman–Crippen MR) is 158 cm³/mol. The molecule has 1 saturated heterocycles. The van der Waals surface area contributed by atoms with Crippen LogP contribution in [0.15, 0.2) is 71.0 Å². The summed E-state index contributed by atoms with van der Waals surface area (Å²) in [6.07, 6.45) is 2.91. The van der Waals surface area contributed by atoms with Crippen molar-refractivity contribution in [2.45, 2.75) is 38.6 Å². The minimum absolute atomic E-state index is 0.149. The molecular formula is C29H29N7O9. The van der Waals surface area contributed by atoms with Crippen LogP contribution >= 0.6 is 0 Å². The van der Waals surface area contributed by atoms with Gasteiger partial charge in [0.2, 0.25) is 22.7 Å². The zero-order valence-electron chi connectivity index (χ0n) is 24.4. The third kappa shape index (κ3) is 6.90. The van der Waals surface area contributed by atoms with Crippen molar-refractivity contribution in [3.63, 3.8) is 0 Å². The summed E-state index contributed by atoms with van der Waals surface area (Å²) in [5, 5.41) is 46.7. The van der Waals surface area contributed by atoms with Gasteiger partial charge in [0.05, 0.1) is 46.8 Å². The standard InChI is InChI=1S/C29H29N7O9/c1-19(37)33-25(20-9-11-22(43-2)12-10-20)16-24(30-33)21-7-6-8-23(15-21)44-28-18-29(27(35(40)41)17-26(28)34(38)39)45-31-36(42)32-13-4-3-5-14-32/h6-12,15,17-18,25H,3-5,13-14,16H2,1-2H3/b36-31-. The SMILES string of the molecule is COc1ccc(C2CC(c3cccc(Oc4cc(O/N=[N+](\[O-])N5CCCCC5)c([N+](=O)[O-])cc4[N+](=O)[O-])c3)=NN2C(C)=O)cc1. The molecule has 0 bridgehead atoms. The van der Waals surface area contributed by atoms with Crippen LogP contribution in [0.25, 0.3) is 0 Å². The molecule has 3 aromatic rings. The maximum atomic E-state index is 12.4. The van der Waals surface area contributed by atoms with E-state index in [9.17, 15) is 30.2 Å². The molecule has 1 atom stereocenters. The van der Waals surface area contributed by atoms with Crippen molar-refractivity contribution in [3.05, 3.63) is 97.2 Å². The number of carbonyl (C=O) groups excluding carboxylic acids is 1. The minimum Gasteiger partial charge on any atom is -0.569 e. The molecule has 0 saturated carbocycles. The number of amides is 1. The van der Waals surface area contributed by atoms with Crippen LogP contribution in [0.1, 0.15) is 49.8 Å². The number of methoxy groups -OCH3 is 1. The summed E-state index contributed by atoms with van der Waals surface area (Å²) in [4.78, 5) is 39.6. The van der Waals surface area contributed by atoms with Crippen molar-refractivity contribution in [3.8, 4) is 23.0 Å². The maximum Gasteiger partial charge on any atom is 0.321 e. The Kier molecular flexibility index (Phi) is 9.01. The molecule has 0 spiro atoms. The monoisotopic (exact) mass is 619 g/mol. The van der Waals surface area contributed by atoms with Gasteiger partial charge in [-0.05, 0) is 49.1 Å². The third-order valence-electron chi connectivity index (χ3n) is 7.35. The van der Waals surface area contributed by atoms with E-state index in [1.54, 1.807) is 37.4 Å². The number of carbonyl (C=O) groups is 1. The zero-order chi connectivity index (χ0) is 32.1. The fraction of sp³-hybridized carbons (Fsp3) is 0.310. The van der Waals surface area contributed by atoms with Gasteiger partial charge in [0, 0.05) is 25.0 Å². The normalized spacial score (nSPS) is 16.6. The number of hydrogen-bond donors (Lipinski definition) is 0. The van der Waals surface area contributed by atoms with Crippen LogP contribution in [0.5, 0.6) is 23.0 Å². The second kappa shape index (κ2) is 13.2. The molecule has 1 unspecified atom stereocenters. The van der Waals surface area contributed by atoms with Gasteiger partial charge in [-0.2, -0.15) is 5.10 Å². The van der Waals surface area contributed by atoms with Gasteiger partial charge in [0.1, 0.15) is 17.6 Å². The number of ether oxygens (including phenoxy) is 2. The first-order valence-electron chi connectivity index (χ1n) is 14.0. The van der Waals surface area contributed by atoms with E-state index in [0.717, 1.165) is 30.9 Å². The lowest BCUT2D eigenvalue weighted by atomic mass is 9.98. The molecule has 1 amide bonds. The first-order valence-corrected chi connectivity index (χ1v) is 14.0. The fourth-order valence-electron chi connectivity index (χ4n) is 5.08. The van der Waals surface area contributed by atoms with E-state index in [-0.39, 0.29) is 28.4 Å². The molecule has 2 aliphatic rings. The molecular weight excluding hydrogens is 590 g/mol. The highest BCUT2D eigenvalue weighted by Gasteiger charge is 2.32. The average Bonchev–Trinajstić information content (AvgIpc) is 3.50. The van der Waals surface area contributed by atoms with Gasteiger partial charge in [-0.1, -0.05) is 24.3 Å². The van der Waals surface area contributed by atoms with Crippen molar-refractivity contribution < 1.29 is 33.9 Å². The minimum atomic E-state index is -0.878. The van der Waals surface area contributed by atoms with Crippen LogP contribution < -0.4 is 14.3 Å². The molecule has 234 valence electrons. The molecule has 1 fully saturated rings. The van der Waals surface area contributed by atoms with Gasteiger partial charge in [0.15, 0.2) is 0 Å². The number of hydrazone groups is 1. The maximum absolute atomic E-state index is 12.4. The fourth-order valence-corrected chi connectivity index (χ4v) is 5.08. The van der Waals surface area contributed by atoms with E-state index in [0.29, 0.717) is 42.6 Å². The van der Waals surface area contributed by atoms with Gasteiger partial charge in [-0.15, -0.1) is 5.01 Å². The van der Waals surface area contributed by atoms with E-state index in [1.807, 2.05) is 12.1 Å². The Labute approximate surface area is 256 Å². The summed E-state index contributed by atoms with van der Waals surface area (Å²) in [7, 11) is 1.56. The molecule has 5 rings (SSSR count). The third-order valence-corrected chi connectivity index (χ3v) is 7.35. The lowest BCUT2D eigenvalue weighted by molar-refractivity contribution is -0.708. The van der Waals surface area contributed by atoms with Crippen LogP contribution in [0.3, 0.4) is 0 Å². The Bertz CT molecular complexity index is 1670. The van der Waals surface area contributed by atoms with E-state index in [4.69, 9.17) is 14.3 Å². The van der Waals surface area contributed by atoms with Crippen molar-refractivity contribution in [1.82, 2.24) is 10.0 Å². The molecule has 45 heavy (non-hydrogen) atoms. The summed E-state index contributed by atoms with van der Waals surface area (Å²) < 4.78 is 11.1. The van der Waals surface area contributed by atoms with Gasteiger partial charge in [-0.25, -0.2) is 5.01 Å². The number of hydrazine groups is 1. The van der Waals surface area contributed by atoms with E-state index < -0.39 is 27.0 Å². The lowest BCUT2D eigenvalue weighted by Crippen LogP contribution is -2.35. The number of piperidine rings is 1. The van der Waals surface area contributed by atoms with Crippen LogP contribution in [0, 0.1) is 25.4 Å². The van der Waals surface area contributed by atoms with Crippen LogP contribution in [0.4, 0.5) is 11.4 Å². The zero-order valence-corrected chi connectivity index (χ0v) is 24.4. The summed E-state index contributed by atoms with van der Waals surface area (Å²) in [6, 6.07) is 15.1. The first kappa shape index (κ1) is 30.7. The van der Waals surface area contributed by atoms with Crippen molar-refractivity contribution in [1.29, 1.82) is 0 Å². The molecule has 16 heteroatoms. The van der Waals surface area contributed by atoms with Crippen molar-refractivity contribution >= 4 is 23.0 Å². The van der Waals surface area contributed by atoms with Gasteiger partial charge >= 0.3 is 11.4 Å². The summed E-state index contributed by atoms with van der Waals surface area (Å²) in [6.45, 7) is 2.31. The molecule has 16 nitrogen and oxygen atoms in total. The quantitative estimate of drug-likeness (QED) is 0.118. The summed E-state index contributed by atoms with van der Waals surface area (Å²) in [5.41, 5.74) is 0.552. The molecule has 0 aliphatic carbocycles. The number of nitrogens with zero attached hydrogens (tertiary/aromatic N) is 7. The van der Waals surface area contributed by atoms with E-state index >= 15 is 0 Å². The Morgan fingerprint density at radius 2 is 1.60 bits per heavy atom. The van der Waals surface area contributed by atoms with Crippen molar-refractivity contribution in [2.75, 3.05) is 20.2 Å².